The first-order valence-electron chi connectivity index (χ1n) is 9.73. The smallest absolute Gasteiger partial charge is 0.300 e. The Morgan fingerprint density at radius 2 is 1.53 bits per heavy atom. The highest BCUT2D eigenvalue weighted by Crippen LogP contribution is 2.43. The van der Waals surface area contributed by atoms with Gasteiger partial charge >= 0.3 is 0 Å². The van der Waals surface area contributed by atoms with E-state index in [0.29, 0.717) is 16.8 Å². The number of rotatable bonds is 3. The average Bonchev–Trinajstić information content (AvgIpc) is 3.01. The summed E-state index contributed by atoms with van der Waals surface area (Å²) in [5.41, 5.74) is 4.82. The molecule has 5 nitrogen and oxygen atoms in total. The van der Waals surface area contributed by atoms with Crippen molar-refractivity contribution in [3.63, 3.8) is 0 Å². The van der Waals surface area contributed by atoms with E-state index in [0.717, 1.165) is 16.7 Å². The van der Waals surface area contributed by atoms with Gasteiger partial charge in [0.2, 0.25) is 0 Å². The van der Waals surface area contributed by atoms with E-state index in [1.807, 2.05) is 51.1 Å². The molecule has 0 saturated carbocycles. The van der Waals surface area contributed by atoms with Gasteiger partial charge in [0.15, 0.2) is 0 Å². The Labute approximate surface area is 175 Å². The van der Waals surface area contributed by atoms with E-state index in [4.69, 9.17) is 0 Å². The van der Waals surface area contributed by atoms with E-state index in [-0.39, 0.29) is 11.3 Å². The van der Waals surface area contributed by atoms with Crippen molar-refractivity contribution in [1.82, 2.24) is 4.98 Å². The lowest BCUT2D eigenvalue weighted by Crippen LogP contribution is -2.30. The molecule has 1 unspecified atom stereocenters. The normalized spacial score (nSPS) is 18.1. The Morgan fingerprint density at radius 1 is 0.900 bits per heavy atom. The van der Waals surface area contributed by atoms with Crippen LogP contribution >= 0.6 is 0 Å². The minimum absolute atomic E-state index is 0.0796. The quantitative estimate of drug-likeness (QED) is 0.397. The number of hydrogen-bond acceptors (Lipinski definition) is 4. The molecule has 1 aliphatic rings. The standard InChI is InChI=1S/C25H22N2O3/c1-15-5-8-19(9-6-15)23(28)21-22(18-10-12-26-13-11-18)27(25(30)24(21)29)20-14-16(2)4-7-17(20)3/h4-14,22,28H,1-3H3/b23-21+. The number of ketones is 1. The highest BCUT2D eigenvalue weighted by molar-refractivity contribution is 6.51. The van der Waals surface area contributed by atoms with Gasteiger partial charge in [-0.1, -0.05) is 42.0 Å². The number of anilines is 1. The lowest BCUT2D eigenvalue weighted by atomic mass is 9.95. The molecule has 1 aromatic heterocycles. The maximum Gasteiger partial charge on any atom is 0.300 e. The van der Waals surface area contributed by atoms with Gasteiger partial charge in [-0.3, -0.25) is 19.5 Å². The highest BCUT2D eigenvalue weighted by Gasteiger charge is 2.47. The fraction of sp³-hybridized carbons (Fsp3) is 0.160. The number of aromatic nitrogens is 1. The molecule has 0 bridgehead atoms. The first-order valence-corrected chi connectivity index (χ1v) is 9.73. The van der Waals surface area contributed by atoms with Crippen LogP contribution in [0.1, 0.15) is 33.9 Å². The molecule has 4 rings (SSSR count). The lowest BCUT2D eigenvalue weighted by Gasteiger charge is -2.27. The van der Waals surface area contributed by atoms with E-state index in [1.54, 1.807) is 36.7 Å². The number of aliphatic hydroxyl groups is 1. The van der Waals surface area contributed by atoms with Crippen molar-refractivity contribution in [3.05, 3.63) is 100 Å². The number of benzene rings is 2. The number of carbonyl (C=O) groups excluding carboxylic acids is 2. The van der Waals surface area contributed by atoms with Crippen LogP contribution in [-0.4, -0.2) is 21.8 Å². The van der Waals surface area contributed by atoms with Crippen LogP contribution in [-0.2, 0) is 9.59 Å². The van der Waals surface area contributed by atoms with Crippen LogP contribution < -0.4 is 4.90 Å². The molecule has 1 N–H and O–H groups in total. The molecule has 30 heavy (non-hydrogen) atoms. The van der Waals surface area contributed by atoms with Crippen molar-refractivity contribution >= 4 is 23.1 Å². The largest absolute Gasteiger partial charge is 0.507 e. The Bertz CT molecular complexity index is 1160. The second-order valence-corrected chi connectivity index (χ2v) is 7.61. The number of hydrogen-bond donors (Lipinski definition) is 1. The molecule has 1 amide bonds. The third-order valence-corrected chi connectivity index (χ3v) is 5.42. The van der Waals surface area contributed by atoms with Crippen molar-refractivity contribution in [2.75, 3.05) is 4.90 Å². The maximum absolute atomic E-state index is 13.2. The number of Topliss-reactive ketones (excluding diaryl/α,β-unsaturated/α-hetero) is 1. The Balaban J connectivity index is 1.97. The summed E-state index contributed by atoms with van der Waals surface area (Å²) in [7, 11) is 0. The summed E-state index contributed by atoms with van der Waals surface area (Å²) in [5.74, 6) is -1.53. The number of carbonyl (C=O) groups is 2. The van der Waals surface area contributed by atoms with E-state index in [2.05, 4.69) is 4.98 Å². The van der Waals surface area contributed by atoms with Crippen LogP contribution in [0.5, 0.6) is 0 Å². The van der Waals surface area contributed by atoms with Crippen LogP contribution in [0.3, 0.4) is 0 Å². The van der Waals surface area contributed by atoms with Gasteiger partial charge in [-0.2, -0.15) is 0 Å². The summed E-state index contributed by atoms with van der Waals surface area (Å²) < 4.78 is 0. The summed E-state index contributed by atoms with van der Waals surface area (Å²) in [6.45, 7) is 5.78. The van der Waals surface area contributed by atoms with Gasteiger partial charge < -0.3 is 5.11 Å². The van der Waals surface area contributed by atoms with Gasteiger partial charge in [0.05, 0.1) is 11.6 Å². The third-order valence-electron chi connectivity index (χ3n) is 5.42. The Kier molecular flexibility index (Phi) is 4.96. The Morgan fingerprint density at radius 3 is 2.20 bits per heavy atom. The minimum Gasteiger partial charge on any atom is -0.507 e. The van der Waals surface area contributed by atoms with Crippen LogP contribution in [0, 0.1) is 20.8 Å². The van der Waals surface area contributed by atoms with Gasteiger partial charge in [-0.25, -0.2) is 0 Å². The molecule has 1 atom stereocenters. The highest BCUT2D eigenvalue weighted by atomic mass is 16.3. The topological polar surface area (TPSA) is 70.5 Å². The predicted molar refractivity (Wildman–Crippen MR) is 116 cm³/mol. The molecule has 2 heterocycles. The molecule has 0 radical (unpaired) electrons. The van der Waals surface area contributed by atoms with Crippen molar-refractivity contribution < 1.29 is 14.7 Å². The molecule has 2 aromatic carbocycles. The molecule has 1 fully saturated rings. The SMILES string of the molecule is Cc1ccc(/C(O)=C2\C(=O)C(=O)N(c3cc(C)ccc3C)C2c2ccncc2)cc1. The zero-order valence-corrected chi connectivity index (χ0v) is 17.1. The zero-order chi connectivity index (χ0) is 21.4. The van der Waals surface area contributed by atoms with Crippen LogP contribution in [0.2, 0.25) is 0 Å². The molecular weight excluding hydrogens is 376 g/mol. The van der Waals surface area contributed by atoms with Crippen LogP contribution in [0.4, 0.5) is 5.69 Å². The van der Waals surface area contributed by atoms with E-state index in [1.165, 1.54) is 4.90 Å². The van der Waals surface area contributed by atoms with E-state index < -0.39 is 17.7 Å². The molecule has 3 aromatic rings. The van der Waals surface area contributed by atoms with Crippen molar-refractivity contribution in [2.45, 2.75) is 26.8 Å². The molecule has 150 valence electrons. The second-order valence-electron chi connectivity index (χ2n) is 7.61. The zero-order valence-electron chi connectivity index (χ0n) is 17.1. The molecule has 1 aliphatic heterocycles. The van der Waals surface area contributed by atoms with E-state index in [9.17, 15) is 14.7 Å². The fourth-order valence-corrected chi connectivity index (χ4v) is 3.79. The number of aliphatic hydroxyl groups excluding tert-OH is 1. The van der Waals surface area contributed by atoms with Crippen molar-refractivity contribution in [3.8, 4) is 0 Å². The second kappa shape index (κ2) is 7.59. The maximum atomic E-state index is 13.2. The summed E-state index contributed by atoms with van der Waals surface area (Å²) in [6, 6.07) is 15.8. The number of nitrogens with zero attached hydrogens (tertiary/aromatic N) is 2. The minimum atomic E-state index is -0.741. The monoisotopic (exact) mass is 398 g/mol. The van der Waals surface area contributed by atoms with Crippen molar-refractivity contribution in [2.24, 2.45) is 0 Å². The lowest BCUT2D eigenvalue weighted by molar-refractivity contribution is -0.132. The van der Waals surface area contributed by atoms with Gasteiger partial charge in [0.1, 0.15) is 5.76 Å². The first-order chi connectivity index (χ1) is 14.4. The third kappa shape index (κ3) is 3.28. The number of pyridine rings is 1. The summed E-state index contributed by atoms with van der Waals surface area (Å²) in [5, 5.41) is 11.1. The molecule has 0 aliphatic carbocycles. The first kappa shape index (κ1) is 19.6. The van der Waals surface area contributed by atoms with Gasteiger partial charge in [0.25, 0.3) is 11.7 Å². The van der Waals surface area contributed by atoms with Crippen molar-refractivity contribution in [1.29, 1.82) is 0 Å². The van der Waals surface area contributed by atoms with Gasteiger partial charge in [-0.05, 0) is 55.7 Å². The van der Waals surface area contributed by atoms with E-state index >= 15 is 0 Å². The summed E-state index contributed by atoms with van der Waals surface area (Å²) >= 11 is 0. The molecule has 5 heteroatoms. The summed E-state index contributed by atoms with van der Waals surface area (Å²) in [6.07, 6.45) is 3.23. The van der Waals surface area contributed by atoms with Crippen LogP contribution in [0.15, 0.2) is 72.6 Å². The summed E-state index contributed by atoms with van der Waals surface area (Å²) in [4.78, 5) is 31.8. The average molecular weight is 398 g/mol. The molecule has 0 spiro atoms. The molecule has 1 saturated heterocycles. The van der Waals surface area contributed by atoms with Crippen LogP contribution in [0.25, 0.3) is 5.76 Å². The van der Waals surface area contributed by atoms with Gasteiger partial charge in [0, 0.05) is 23.6 Å². The number of amides is 1. The Hall–Kier alpha value is -3.73. The van der Waals surface area contributed by atoms with Gasteiger partial charge in [-0.15, -0.1) is 0 Å². The number of aryl methyl sites for hydroxylation is 3. The predicted octanol–water partition coefficient (Wildman–Crippen LogP) is 4.63. The fourth-order valence-electron chi connectivity index (χ4n) is 3.79. The molecular formula is C25H22N2O3.